The summed E-state index contributed by atoms with van der Waals surface area (Å²) < 4.78 is 29.6. The number of nitro groups is 1. The second-order valence-electron chi connectivity index (χ2n) is 3.99. The van der Waals surface area contributed by atoms with Crippen molar-refractivity contribution < 1.29 is 28.3 Å². The normalized spacial score (nSPS) is 10.5. The summed E-state index contributed by atoms with van der Waals surface area (Å²) in [6.07, 6.45) is -2.71. The maximum absolute atomic E-state index is 12.3. The van der Waals surface area contributed by atoms with E-state index in [4.69, 9.17) is 9.84 Å². The Bertz CT molecular complexity index is 481. The molecule has 0 aliphatic heterocycles. The predicted molar refractivity (Wildman–Crippen MR) is 68.3 cm³/mol. The predicted octanol–water partition coefficient (Wildman–Crippen LogP) is 1.06. The number of carbonyl (C=O) groups is 1. The zero-order valence-electron chi connectivity index (χ0n) is 10.9. The number of nitrogens with zero attached hydrogens (tertiary/aromatic N) is 2. The van der Waals surface area contributed by atoms with Gasteiger partial charge < -0.3 is 14.7 Å². The Hall–Kier alpha value is -2.29. The van der Waals surface area contributed by atoms with E-state index >= 15 is 0 Å². The van der Waals surface area contributed by atoms with Crippen molar-refractivity contribution in [3.8, 4) is 5.75 Å². The molecule has 1 aromatic rings. The molecule has 1 rings (SSSR count). The quantitative estimate of drug-likeness (QED) is 0.572. The Morgan fingerprint density at radius 1 is 1.38 bits per heavy atom. The van der Waals surface area contributed by atoms with E-state index in [1.54, 1.807) is 0 Å². The zero-order valence-corrected chi connectivity index (χ0v) is 10.9. The first-order chi connectivity index (χ1) is 9.93. The van der Waals surface area contributed by atoms with E-state index in [1.165, 1.54) is 24.3 Å². The van der Waals surface area contributed by atoms with Crippen molar-refractivity contribution in [1.82, 2.24) is 4.90 Å². The molecule has 116 valence electrons. The Labute approximate surface area is 118 Å². The monoisotopic (exact) mass is 304 g/mol. The molecule has 0 aliphatic rings. The van der Waals surface area contributed by atoms with Crippen LogP contribution in [0.25, 0.3) is 0 Å². The van der Waals surface area contributed by atoms with Crippen LogP contribution in [0.15, 0.2) is 24.3 Å². The van der Waals surface area contributed by atoms with E-state index in [-0.39, 0.29) is 18.0 Å². The van der Waals surface area contributed by atoms with Gasteiger partial charge in [-0.05, 0) is 12.1 Å². The molecule has 0 atom stereocenters. The molecule has 0 bridgehead atoms. The summed E-state index contributed by atoms with van der Waals surface area (Å²) >= 11 is 0. The van der Waals surface area contributed by atoms with Crippen LogP contribution in [0.3, 0.4) is 0 Å². The highest BCUT2D eigenvalue weighted by molar-refractivity contribution is 5.77. The van der Waals surface area contributed by atoms with Gasteiger partial charge in [-0.1, -0.05) is 0 Å². The fraction of sp³-hybridized carbons (Fsp3) is 0.417. The van der Waals surface area contributed by atoms with Gasteiger partial charge in [0.1, 0.15) is 5.75 Å². The van der Waals surface area contributed by atoms with Crippen molar-refractivity contribution in [2.75, 3.05) is 26.3 Å². The smallest absolute Gasteiger partial charge is 0.269 e. The van der Waals surface area contributed by atoms with Crippen LogP contribution in [0, 0.1) is 10.1 Å². The number of aliphatic hydroxyl groups is 1. The average Bonchev–Trinajstić information content (AvgIpc) is 2.44. The molecule has 0 unspecified atom stereocenters. The van der Waals surface area contributed by atoms with Gasteiger partial charge in [-0.25, -0.2) is 8.78 Å². The summed E-state index contributed by atoms with van der Waals surface area (Å²) in [5, 5.41) is 19.2. The molecule has 21 heavy (non-hydrogen) atoms. The van der Waals surface area contributed by atoms with Gasteiger partial charge >= 0.3 is 0 Å². The van der Waals surface area contributed by atoms with Gasteiger partial charge in [0, 0.05) is 18.7 Å². The number of hydrogen-bond donors (Lipinski definition) is 1. The van der Waals surface area contributed by atoms with Crippen LogP contribution >= 0.6 is 0 Å². The molecule has 0 aliphatic carbocycles. The summed E-state index contributed by atoms with van der Waals surface area (Å²) in [5.74, 6) is -0.502. The number of benzene rings is 1. The molecule has 0 radical (unpaired) electrons. The van der Waals surface area contributed by atoms with Crippen LogP contribution in [0.1, 0.15) is 0 Å². The molecule has 0 fully saturated rings. The number of ether oxygens (including phenoxy) is 1. The first-order valence-electron chi connectivity index (χ1n) is 5.98. The molecule has 0 spiro atoms. The van der Waals surface area contributed by atoms with Gasteiger partial charge in [0.15, 0.2) is 6.61 Å². The van der Waals surface area contributed by atoms with Crippen molar-refractivity contribution in [2.24, 2.45) is 0 Å². The highest BCUT2D eigenvalue weighted by Crippen LogP contribution is 2.17. The standard InChI is InChI=1S/C12H14F2N2O5/c13-11(14)7-15(5-6-17)12(18)8-21-10-3-1-9(2-4-10)16(19)20/h1-4,11,17H,5-8H2. The minimum atomic E-state index is -2.71. The third kappa shape index (κ3) is 5.69. The third-order valence-corrected chi connectivity index (χ3v) is 2.49. The molecule has 0 saturated heterocycles. The van der Waals surface area contributed by atoms with Gasteiger partial charge in [-0.3, -0.25) is 14.9 Å². The largest absolute Gasteiger partial charge is 0.484 e. The minimum absolute atomic E-state index is 0.131. The second-order valence-corrected chi connectivity index (χ2v) is 3.99. The molecule has 0 aromatic heterocycles. The number of halogens is 2. The van der Waals surface area contributed by atoms with Crippen LogP contribution in [0.4, 0.5) is 14.5 Å². The van der Waals surface area contributed by atoms with Crippen LogP contribution in [0.5, 0.6) is 5.75 Å². The Kier molecular flexibility index (Phi) is 6.47. The fourth-order valence-corrected chi connectivity index (χ4v) is 1.51. The third-order valence-electron chi connectivity index (χ3n) is 2.49. The average molecular weight is 304 g/mol. The molecule has 1 amide bonds. The lowest BCUT2D eigenvalue weighted by atomic mass is 10.3. The molecule has 9 heteroatoms. The highest BCUT2D eigenvalue weighted by atomic mass is 19.3. The fourth-order valence-electron chi connectivity index (χ4n) is 1.51. The first-order valence-corrected chi connectivity index (χ1v) is 5.98. The van der Waals surface area contributed by atoms with Gasteiger partial charge in [-0.15, -0.1) is 0 Å². The number of alkyl halides is 2. The molecular formula is C12H14F2N2O5. The van der Waals surface area contributed by atoms with Gasteiger partial charge in [0.05, 0.1) is 18.1 Å². The van der Waals surface area contributed by atoms with E-state index in [2.05, 4.69) is 0 Å². The van der Waals surface area contributed by atoms with Crippen molar-refractivity contribution >= 4 is 11.6 Å². The van der Waals surface area contributed by atoms with Gasteiger partial charge in [0.2, 0.25) is 0 Å². The molecule has 1 aromatic carbocycles. The molecule has 1 N–H and O–H groups in total. The molecule has 0 saturated carbocycles. The summed E-state index contributed by atoms with van der Waals surface area (Å²) in [5.41, 5.74) is -0.131. The second kappa shape index (κ2) is 8.10. The SMILES string of the molecule is O=C(COc1ccc([N+](=O)[O-])cc1)N(CCO)CC(F)F. The Balaban J connectivity index is 2.55. The lowest BCUT2D eigenvalue weighted by Gasteiger charge is -2.21. The topological polar surface area (TPSA) is 92.9 Å². The van der Waals surface area contributed by atoms with Gasteiger partial charge in [0.25, 0.3) is 18.0 Å². The van der Waals surface area contributed by atoms with Crippen molar-refractivity contribution in [2.45, 2.75) is 6.43 Å². The molecular weight excluding hydrogens is 290 g/mol. The number of non-ortho nitro benzene ring substituents is 1. The number of aliphatic hydroxyl groups excluding tert-OH is 1. The Morgan fingerprint density at radius 3 is 2.48 bits per heavy atom. The van der Waals surface area contributed by atoms with E-state index in [9.17, 15) is 23.7 Å². The van der Waals surface area contributed by atoms with E-state index < -0.39 is 37.0 Å². The number of rotatable bonds is 8. The lowest BCUT2D eigenvalue weighted by molar-refractivity contribution is -0.384. The number of carbonyl (C=O) groups excluding carboxylic acids is 1. The summed E-state index contributed by atoms with van der Waals surface area (Å²) in [7, 11) is 0. The summed E-state index contributed by atoms with van der Waals surface area (Å²) in [6.45, 7) is -1.93. The first kappa shape index (κ1) is 16.8. The van der Waals surface area contributed by atoms with Crippen molar-refractivity contribution in [3.63, 3.8) is 0 Å². The highest BCUT2D eigenvalue weighted by Gasteiger charge is 2.18. The molecule has 0 heterocycles. The summed E-state index contributed by atoms with van der Waals surface area (Å²) in [6, 6.07) is 5.00. The van der Waals surface area contributed by atoms with Crippen molar-refractivity contribution in [1.29, 1.82) is 0 Å². The Morgan fingerprint density at radius 2 is 2.00 bits per heavy atom. The van der Waals surface area contributed by atoms with Crippen LogP contribution in [-0.4, -0.2) is 53.6 Å². The van der Waals surface area contributed by atoms with Crippen LogP contribution in [-0.2, 0) is 4.79 Å². The van der Waals surface area contributed by atoms with Gasteiger partial charge in [-0.2, -0.15) is 0 Å². The maximum atomic E-state index is 12.3. The van der Waals surface area contributed by atoms with Crippen molar-refractivity contribution in [3.05, 3.63) is 34.4 Å². The van der Waals surface area contributed by atoms with Crippen LogP contribution < -0.4 is 4.74 Å². The van der Waals surface area contributed by atoms with E-state index in [1.807, 2.05) is 0 Å². The van der Waals surface area contributed by atoms with E-state index in [0.717, 1.165) is 4.90 Å². The number of hydrogen-bond acceptors (Lipinski definition) is 5. The number of amides is 1. The lowest BCUT2D eigenvalue weighted by Crippen LogP contribution is -2.40. The van der Waals surface area contributed by atoms with Crippen LogP contribution in [0.2, 0.25) is 0 Å². The molecule has 7 nitrogen and oxygen atoms in total. The number of nitro benzene ring substituents is 1. The minimum Gasteiger partial charge on any atom is -0.484 e. The zero-order chi connectivity index (χ0) is 15.8. The van der Waals surface area contributed by atoms with E-state index in [0.29, 0.717) is 0 Å². The maximum Gasteiger partial charge on any atom is 0.269 e. The summed E-state index contributed by atoms with van der Waals surface area (Å²) in [4.78, 5) is 22.3.